The average molecular weight is 199 g/mol. The molecule has 1 N–H and O–H groups in total. The molecule has 0 radical (unpaired) electrons. The van der Waals surface area contributed by atoms with Crippen molar-refractivity contribution in [2.45, 2.75) is 12.8 Å². The summed E-state index contributed by atoms with van der Waals surface area (Å²) in [7, 11) is 0. The number of nitrogens with one attached hydrogen (secondary N) is 1. The van der Waals surface area contributed by atoms with E-state index in [1.54, 1.807) is 16.8 Å². The molecule has 0 bridgehead atoms. The van der Waals surface area contributed by atoms with Crippen LogP contribution in [-0.4, -0.2) is 30.0 Å². The molecule has 2 heterocycles. The first-order valence-electron chi connectivity index (χ1n) is 4.53. The number of anilines is 1. The number of ether oxygens (including phenoxy) is 1. The van der Waals surface area contributed by atoms with E-state index in [2.05, 4.69) is 15.5 Å². The van der Waals surface area contributed by atoms with Crippen LogP contribution in [0.2, 0.25) is 0 Å². The third-order valence-electron chi connectivity index (χ3n) is 2.21. The van der Waals surface area contributed by atoms with Gasteiger partial charge in [-0.1, -0.05) is 11.3 Å². The summed E-state index contributed by atoms with van der Waals surface area (Å²) in [6, 6.07) is 0. The van der Waals surface area contributed by atoms with Crippen LogP contribution in [0.15, 0.2) is 5.51 Å². The zero-order valence-electron chi connectivity index (χ0n) is 7.40. The van der Waals surface area contributed by atoms with Crippen molar-refractivity contribution in [3.8, 4) is 0 Å². The van der Waals surface area contributed by atoms with E-state index < -0.39 is 0 Å². The Morgan fingerprint density at radius 1 is 1.69 bits per heavy atom. The van der Waals surface area contributed by atoms with Crippen LogP contribution in [0.4, 0.5) is 5.13 Å². The van der Waals surface area contributed by atoms with E-state index in [9.17, 15) is 0 Å². The maximum atomic E-state index is 5.29. The average Bonchev–Trinajstić information content (AvgIpc) is 2.75. The van der Waals surface area contributed by atoms with Crippen molar-refractivity contribution in [2.24, 2.45) is 5.92 Å². The van der Waals surface area contributed by atoms with E-state index in [0.29, 0.717) is 0 Å². The monoisotopic (exact) mass is 199 g/mol. The van der Waals surface area contributed by atoms with Gasteiger partial charge in [0.2, 0.25) is 5.13 Å². The fraction of sp³-hybridized carbons (Fsp3) is 0.750. The van der Waals surface area contributed by atoms with E-state index in [1.165, 1.54) is 12.8 Å². The molecule has 5 heteroatoms. The Kier molecular flexibility index (Phi) is 3.10. The van der Waals surface area contributed by atoms with Gasteiger partial charge in [-0.25, -0.2) is 0 Å². The molecule has 4 nitrogen and oxygen atoms in total. The molecule has 0 saturated carbocycles. The largest absolute Gasteiger partial charge is 0.381 e. The van der Waals surface area contributed by atoms with Crippen molar-refractivity contribution < 1.29 is 4.74 Å². The van der Waals surface area contributed by atoms with E-state index >= 15 is 0 Å². The predicted molar refractivity (Wildman–Crippen MR) is 51.9 cm³/mol. The number of hydrogen-bond acceptors (Lipinski definition) is 5. The molecule has 2 rings (SSSR count). The molecule has 13 heavy (non-hydrogen) atoms. The fourth-order valence-corrected chi connectivity index (χ4v) is 1.92. The van der Waals surface area contributed by atoms with Gasteiger partial charge < -0.3 is 10.1 Å². The Hall–Kier alpha value is -0.680. The van der Waals surface area contributed by atoms with Crippen molar-refractivity contribution in [3.05, 3.63) is 5.51 Å². The molecule has 1 unspecified atom stereocenters. The molecular weight excluding hydrogens is 186 g/mol. The van der Waals surface area contributed by atoms with Crippen LogP contribution in [-0.2, 0) is 4.74 Å². The van der Waals surface area contributed by atoms with Crippen LogP contribution >= 0.6 is 11.3 Å². The summed E-state index contributed by atoms with van der Waals surface area (Å²) < 4.78 is 5.29. The first-order valence-corrected chi connectivity index (χ1v) is 5.41. The number of hydrogen-bond donors (Lipinski definition) is 1. The minimum Gasteiger partial charge on any atom is -0.381 e. The maximum Gasteiger partial charge on any atom is 0.205 e. The standard InChI is InChI=1S/C8H13N3OS/c1(7-2-4-12-5-7)3-9-8-11-10-6-13-8/h6-7H,1-5H2,(H,9,11). The first-order chi connectivity index (χ1) is 6.45. The highest BCUT2D eigenvalue weighted by atomic mass is 32.1. The molecule has 1 saturated heterocycles. The van der Waals surface area contributed by atoms with Gasteiger partial charge in [0.1, 0.15) is 5.51 Å². The molecular formula is C8H13N3OS. The minimum atomic E-state index is 0.737. The fourth-order valence-electron chi connectivity index (χ4n) is 1.44. The summed E-state index contributed by atoms with van der Waals surface area (Å²) in [5, 5.41) is 11.8. The first kappa shape index (κ1) is 8.90. The van der Waals surface area contributed by atoms with Crippen LogP contribution in [0.25, 0.3) is 0 Å². The highest BCUT2D eigenvalue weighted by Crippen LogP contribution is 2.16. The molecule has 72 valence electrons. The maximum absolute atomic E-state index is 5.29. The van der Waals surface area contributed by atoms with E-state index in [0.717, 1.165) is 30.8 Å². The topological polar surface area (TPSA) is 47.0 Å². The minimum absolute atomic E-state index is 0.737. The quantitative estimate of drug-likeness (QED) is 0.795. The van der Waals surface area contributed by atoms with Gasteiger partial charge in [-0.3, -0.25) is 0 Å². The second kappa shape index (κ2) is 4.53. The summed E-state index contributed by atoms with van der Waals surface area (Å²) in [6.07, 6.45) is 2.37. The van der Waals surface area contributed by atoms with Crippen LogP contribution in [0.3, 0.4) is 0 Å². The lowest BCUT2D eigenvalue weighted by atomic mass is 10.1. The summed E-state index contributed by atoms with van der Waals surface area (Å²) >= 11 is 1.54. The zero-order valence-corrected chi connectivity index (χ0v) is 8.22. The number of nitrogens with zero attached hydrogens (tertiary/aromatic N) is 2. The summed E-state index contributed by atoms with van der Waals surface area (Å²) in [4.78, 5) is 0. The molecule has 1 aromatic heterocycles. The van der Waals surface area contributed by atoms with Crippen molar-refractivity contribution in [2.75, 3.05) is 25.1 Å². The Bertz CT molecular complexity index is 234. The lowest BCUT2D eigenvalue weighted by molar-refractivity contribution is 0.185. The Labute approximate surface area is 81.3 Å². The second-order valence-electron chi connectivity index (χ2n) is 3.19. The molecule has 0 amide bonds. The molecule has 1 atom stereocenters. The molecule has 0 spiro atoms. The number of rotatable bonds is 4. The van der Waals surface area contributed by atoms with Crippen LogP contribution < -0.4 is 5.32 Å². The van der Waals surface area contributed by atoms with Gasteiger partial charge in [0, 0.05) is 19.8 Å². The smallest absolute Gasteiger partial charge is 0.205 e. The number of aromatic nitrogens is 2. The van der Waals surface area contributed by atoms with Crippen molar-refractivity contribution in [1.82, 2.24) is 10.2 Å². The highest BCUT2D eigenvalue weighted by Gasteiger charge is 2.14. The predicted octanol–water partition coefficient (Wildman–Crippen LogP) is 1.38. The summed E-state index contributed by atoms with van der Waals surface area (Å²) in [5.41, 5.74) is 1.74. The van der Waals surface area contributed by atoms with Gasteiger partial charge in [-0.05, 0) is 18.8 Å². The van der Waals surface area contributed by atoms with Gasteiger partial charge in [-0.2, -0.15) is 0 Å². The summed E-state index contributed by atoms with van der Waals surface area (Å²) in [5.74, 6) is 0.737. The normalized spacial score (nSPS) is 22.0. The van der Waals surface area contributed by atoms with Gasteiger partial charge >= 0.3 is 0 Å². The van der Waals surface area contributed by atoms with Crippen LogP contribution in [0.5, 0.6) is 0 Å². The molecule has 1 aromatic rings. The van der Waals surface area contributed by atoms with Crippen LogP contribution in [0.1, 0.15) is 12.8 Å². The van der Waals surface area contributed by atoms with Crippen molar-refractivity contribution in [1.29, 1.82) is 0 Å². The highest BCUT2D eigenvalue weighted by molar-refractivity contribution is 7.13. The lowest BCUT2D eigenvalue weighted by Gasteiger charge is -2.06. The van der Waals surface area contributed by atoms with Gasteiger partial charge in [-0.15, -0.1) is 10.2 Å². The lowest BCUT2D eigenvalue weighted by Crippen LogP contribution is -2.08. The SMILES string of the molecule is c1nnc(NCCC2CCOC2)s1. The molecule has 1 aliphatic heterocycles. The molecule has 0 aliphatic carbocycles. The summed E-state index contributed by atoms with van der Waals surface area (Å²) in [6.45, 7) is 2.84. The van der Waals surface area contributed by atoms with E-state index in [4.69, 9.17) is 4.74 Å². The molecule has 1 fully saturated rings. The van der Waals surface area contributed by atoms with E-state index in [-0.39, 0.29) is 0 Å². The Balaban J connectivity index is 1.63. The van der Waals surface area contributed by atoms with E-state index in [1.807, 2.05) is 0 Å². The van der Waals surface area contributed by atoms with Gasteiger partial charge in [0.15, 0.2) is 0 Å². The molecule has 1 aliphatic rings. The van der Waals surface area contributed by atoms with Crippen LogP contribution in [0, 0.1) is 5.92 Å². The third kappa shape index (κ3) is 2.63. The van der Waals surface area contributed by atoms with Crippen molar-refractivity contribution in [3.63, 3.8) is 0 Å². The molecule has 0 aromatic carbocycles. The van der Waals surface area contributed by atoms with Gasteiger partial charge in [0.05, 0.1) is 0 Å². The Morgan fingerprint density at radius 3 is 3.38 bits per heavy atom. The van der Waals surface area contributed by atoms with Gasteiger partial charge in [0.25, 0.3) is 0 Å². The second-order valence-corrected chi connectivity index (χ2v) is 4.02. The Morgan fingerprint density at radius 2 is 2.69 bits per heavy atom. The third-order valence-corrected chi connectivity index (χ3v) is 2.86. The zero-order chi connectivity index (χ0) is 8.93. The van der Waals surface area contributed by atoms with Crippen molar-refractivity contribution >= 4 is 16.5 Å².